The first-order valence-corrected chi connectivity index (χ1v) is 4.33. The quantitative estimate of drug-likeness (QED) is 0.639. The summed E-state index contributed by atoms with van der Waals surface area (Å²) in [5.74, 6) is 0. The minimum absolute atomic E-state index is 0.250. The smallest absolute Gasteiger partial charge is 0.166 e. The van der Waals surface area contributed by atoms with E-state index in [1.807, 2.05) is 0 Å². The van der Waals surface area contributed by atoms with Gasteiger partial charge in [0.1, 0.15) is 0 Å². The molecule has 0 fully saturated rings. The van der Waals surface area contributed by atoms with Crippen molar-refractivity contribution in [1.29, 1.82) is 0 Å². The van der Waals surface area contributed by atoms with Crippen molar-refractivity contribution >= 4 is 22.6 Å². The molecule has 0 bridgehead atoms. The summed E-state index contributed by atoms with van der Waals surface area (Å²) in [7, 11) is 0. The van der Waals surface area contributed by atoms with E-state index in [1.54, 1.807) is 28.7 Å². The molecule has 0 saturated carbocycles. The third-order valence-corrected chi connectivity index (χ3v) is 2.40. The summed E-state index contributed by atoms with van der Waals surface area (Å²) >= 11 is 1.69. The first-order valence-electron chi connectivity index (χ1n) is 3.25. The molecule has 4 heteroatoms. The largest absolute Gasteiger partial charge is 0.417 e. The predicted octanol–water partition coefficient (Wildman–Crippen LogP) is 3.62. The van der Waals surface area contributed by atoms with E-state index in [9.17, 15) is 13.2 Å². The monoisotopic (exact) mass is 286 g/mol. The molecular weight excluding hydrogens is 280 g/mol. The minimum Gasteiger partial charge on any atom is -0.166 e. The number of aryl methyl sites for hydroxylation is 1. The van der Waals surface area contributed by atoms with Crippen molar-refractivity contribution in [3.63, 3.8) is 0 Å². The second-order valence-electron chi connectivity index (χ2n) is 2.43. The Morgan fingerprint density at radius 1 is 1.25 bits per heavy atom. The summed E-state index contributed by atoms with van der Waals surface area (Å²) in [5, 5.41) is 0. The van der Waals surface area contributed by atoms with Crippen LogP contribution >= 0.6 is 22.6 Å². The molecule has 0 unspecified atom stereocenters. The number of rotatable bonds is 0. The molecule has 0 aliphatic rings. The van der Waals surface area contributed by atoms with Gasteiger partial charge in [-0.2, -0.15) is 13.2 Å². The van der Waals surface area contributed by atoms with Gasteiger partial charge in [0.25, 0.3) is 0 Å². The van der Waals surface area contributed by atoms with Crippen LogP contribution in [0.5, 0.6) is 0 Å². The number of alkyl halides is 3. The molecule has 0 atom stereocenters. The highest BCUT2D eigenvalue weighted by Crippen LogP contribution is 2.34. The van der Waals surface area contributed by atoms with Crippen LogP contribution in [-0.2, 0) is 6.18 Å². The van der Waals surface area contributed by atoms with Crippen molar-refractivity contribution in [1.82, 2.24) is 0 Å². The Hall–Kier alpha value is -0.260. The molecule has 1 aromatic rings. The maximum Gasteiger partial charge on any atom is 0.417 e. The van der Waals surface area contributed by atoms with Gasteiger partial charge in [0.15, 0.2) is 0 Å². The predicted molar refractivity (Wildman–Crippen MR) is 48.9 cm³/mol. The molecule has 1 rings (SSSR count). The van der Waals surface area contributed by atoms with Crippen molar-refractivity contribution in [2.75, 3.05) is 0 Å². The molecule has 0 aromatic heterocycles. The normalized spacial score (nSPS) is 11.8. The number of halogens is 4. The molecular formula is C8H6F3I. The minimum atomic E-state index is -4.23. The zero-order chi connectivity index (χ0) is 9.35. The Kier molecular flexibility index (Phi) is 2.65. The van der Waals surface area contributed by atoms with Crippen LogP contribution in [-0.4, -0.2) is 0 Å². The van der Waals surface area contributed by atoms with Crippen LogP contribution in [0, 0.1) is 10.5 Å². The van der Waals surface area contributed by atoms with Crippen LogP contribution < -0.4 is 0 Å². The molecule has 0 aliphatic heterocycles. The highest BCUT2D eigenvalue weighted by Gasteiger charge is 2.34. The van der Waals surface area contributed by atoms with Gasteiger partial charge in [-0.3, -0.25) is 0 Å². The second kappa shape index (κ2) is 3.24. The zero-order valence-corrected chi connectivity index (χ0v) is 8.40. The molecule has 0 N–H and O–H groups in total. The third-order valence-electron chi connectivity index (χ3n) is 1.51. The van der Waals surface area contributed by atoms with Gasteiger partial charge >= 0.3 is 6.18 Å². The lowest BCUT2D eigenvalue weighted by Gasteiger charge is -2.11. The SMILES string of the molecule is Cc1cccc(I)c1C(F)(F)F. The summed E-state index contributed by atoms with van der Waals surface area (Å²) in [5.41, 5.74) is -0.250. The summed E-state index contributed by atoms with van der Waals surface area (Å²) in [4.78, 5) is 0. The van der Waals surface area contributed by atoms with E-state index in [4.69, 9.17) is 0 Å². The maximum atomic E-state index is 12.3. The summed E-state index contributed by atoms with van der Waals surface area (Å²) < 4.78 is 37.2. The van der Waals surface area contributed by atoms with E-state index < -0.39 is 11.7 Å². The Morgan fingerprint density at radius 2 is 1.83 bits per heavy atom. The number of hydrogen-bond donors (Lipinski definition) is 0. The van der Waals surface area contributed by atoms with Crippen LogP contribution in [0.4, 0.5) is 13.2 Å². The summed E-state index contributed by atoms with van der Waals surface area (Å²) in [6.45, 7) is 1.46. The fourth-order valence-electron chi connectivity index (χ4n) is 0.991. The first-order chi connectivity index (χ1) is 5.43. The van der Waals surface area contributed by atoms with Gasteiger partial charge in [0.05, 0.1) is 5.56 Å². The highest BCUT2D eigenvalue weighted by molar-refractivity contribution is 14.1. The first kappa shape index (κ1) is 9.83. The lowest BCUT2D eigenvalue weighted by atomic mass is 10.1. The van der Waals surface area contributed by atoms with Gasteiger partial charge < -0.3 is 0 Å². The number of benzene rings is 1. The summed E-state index contributed by atoms with van der Waals surface area (Å²) in [6.07, 6.45) is -4.23. The lowest BCUT2D eigenvalue weighted by Crippen LogP contribution is -2.09. The Bertz CT molecular complexity index is 271. The lowest BCUT2D eigenvalue weighted by molar-refractivity contribution is -0.138. The van der Waals surface area contributed by atoms with Crippen LogP contribution in [0.3, 0.4) is 0 Å². The standard InChI is InChI=1S/C8H6F3I/c1-5-3-2-4-6(12)7(5)8(9,10)11/h2-4H,1H3. The Morgan fingerprint density at radius 3 is 2.17 bits per heavy atom. The van der Waals surface area contributed by atoms with E-state index >= 15 is 0 Å². The fourth-order valence-corrected chi connectivity index (χ4v) is 1.93. The molecule has 12 heavy (non-hydrogen) atoms. The Balaban J connectivity index is 3.31. The number of hydrogen-bond acceptors (Lipinski definition) is 0. The molecule has 0 saturated heterocycles. The van der Waals surface area contributed by atoms with Gasteiger partial charge in [-0.25, -0.2) is 0 Å². The van der Waals surface area contributed by atoms with Crippen LogP contribution in [0.2, 0.25) is 0 Å². The van der Waals surface area contributed by atoms with E-state index in [2.05, 4.69) is 0 Å². The van der Waals surface area contributed by atoms with Crippen molar-refractivity contribution in [2.24, 2.45) is 0 Å². The van der Waals surface area contributed by atoms with Crippen LogP contribution in [0.25, 0.3) is 0 Å². The van der Waals surface area contributed by atoms with E-state index in [-0.39, 0.29) is 9.13 Å². The maximum absolute atomic E-state index is 12.3. The van der Waals surface area contributed by atoms with E-state index in [0.717, 1.165) is 0 Å². The summed E-state index contributed by atoms with van der Waals surface area (Å²) in [6, 6.07) is 4.54. The fraction of sp³-hybridized carbons (Fsp3) is 0.250. The van der Waals surface area contributed by atoms with Crippen molar-refractivity contribution in [3.05, 3.63) is 32.9 Å². The molecule has 1 aromatic carbocycles. The van der Waals surface area contributed by atoms with Crippen LogP contribution in [0.15, 0.2) is 18.2 Å². The van der Waals surface area contributed by atoms with Crippen molar-refractivity contribution in [3.8, 4) is 0 Å². The average Bonchev–Trinajstić information content (AvgIpc) is 1.82. The second-order valence-corrected chi connectivity index (χ2v) is 3.59. The molecule has 0 aliphatic carbocycles. The molecule has 0 radical (unpaired) electrons. The van der Waals surface area contributed by atoms with Crippen molar-refractivity contribution < 1.29 is 13.2 Å². The van der Waals surface area contributed by atoms with Gasteiger partial charge in [0.2, 0.25) is 0 Å². The molecule has 0 spiro atoms. The zero-order valence-electron chi connectivity index (χ0n) is 6.24. The average molecular weight is 286 g/mol. The van der Waals surface area contributed by atoms with Gasteiger partial charge in [-0.1, -0.05) is 12.1 Å². The van der Waals surface area contributed by atoms with Crippen molar-refractivity contribution in [2.45, 2.75) is 13.1 Å². The van der Waals surface area contributed by atoms with E-state index in [0.29, 0.717) is 0 Å². The topological polar surface area (TPSA) is 0 Å². The molecule has 0 nitrogen and oxygen atoms in total. The van der Waals surface area contributed by atoms with Gasteiger partial charge in [0, 0.05) is 3.57 Å². The molecule has 66 valence electrons. The van der Waals surface area contributed by atoms with E-state index in [1.165, 1.54) is 19.1 Å². The molecule has 0 amide bonds. The van der Waals surface area contributed by atoms with Gasteiger partial charge in [-0.15, -0.1) is 0 Å². The van der Waals surface area contributed by atoms with Gasteiger partial charge in [-0.05, 0) is 41.1 Å². The van der Waals surface area contributed by atoms with Crippen LogP contribution in [0.1, 0.15) is 11.1 Å². The molecule has 0 heterocycles. The third kappa shape index (κ3) is 1.91. The Labute approximate surface area is 81.9 Å². The highest BCUT2D eigenvalue weighted by atomic mass is 127.